The molecule has 0 aliphatic heterocycles. The first-order valence-electron chi connectivity index (χ1n) is 6.86. The molecule has 1 fully saturated rings. The molecule has 0 radical (unpaired) electrons. The summed E-state index contributed by atoms with van der Waals surface area (Å²) < 4.78 is 0. The second-order valence-electron chi connectivity index (χ2n) is 6.64. The number of allylic oxidation sites excluding steroid dienone is 1. The van der Waals surface area contributed by atoms with E-state index in [-0.39, 0.29) is 24.0 Å². The van der Waals surface area contributed by atoms with E-state index in [0.29, 0.717) is 17.9 Å². The van der Waals surface area contributed by atoms with Gasteiger partial charge >= 0.3 is 0 Å². The van der Waals surface area contributed by atoms with E-state index in [4.69, 9.17) is 0 Å². The van der Waals surface area contributed by atoms with E-state index in [9.17, 15) is 15.0 Å². The Kier molecular flexibility index (Phi) is 3.19. The third-order valence-electron chi connectivity index (χ3n) is 4.95. The highest BCUT2D eigenvalue weighted by Crippen LogP contribution is 2.51. The quantitative estimate of drug-likeness (QED) is 0.751. The van der Waals surface area contributed by atoms with Crippen LogP contribution in [0.5, 0.6) is 0 Å². The maximum Gasteiger partial charge on any atom is 0.158 e. The minimum Gasteiger partial charge on any atom is -0.390 e. The van der Waals surface area contributed by atoms with Gasteiger partial charge in [0.15, 0.2) is 5.78 Å². The maximum absolute atomic E-state index is 11.9. The Morgan fingerprint density at radius 3 is 2.56 bits per heavy atom. The number of hydrogen-bond acceptors (Lipinski definition) is 3. The van der Waals surface area contributed by atoms with Crippen molar-refractivity contribution in [2.45, 2.75) is 58.2 Å². The largest absolute Gasteiger partial charge is 0.390 e. The van der Waals surface area contributed by atoms with Crippen LogP contribution in [-0.2, 0) is 4.79 Å². The molecule has 0 amide bonds. The van der Waals surface area contributed by atoms with Gasteiger partial charge in [-0.1, -0.05) is 13.8 Å². The van der Waals surface area contributed by atoms with Gasteiger partial charge in [0.2, 0.25) is 0 Å². The second-order valence-corrected chi connectivity index (χ2v) is 6.64. The van der Waals surface area contributed by atoms with Crippen molar-refractivity contribution in [2.75, 3.05) is 0 Å². The standard InChI is InChI=1S/C15H24O3/c1-9(2)11-5-6-14(4,17)13-7-12(16)10(3)8-15(11,13)18/h8-9,11,13,17-18H,5-7H2,1-4H3. The highest BCUT2D eigenvalue weighted by atomic mass is 16.3. The first-order valence-corrected chi connectivity index (χ1v) is 6.86. The Labute approximate surface area is 109 Å². The molecule has 18 heavy (non-hydrogen) atoms. The molecular weight excluding hydrogens is 228 g/mol. The third-order valence-corrected chi connectivity index (χ3v) is 4.95. The van der Waals surface area contributed by atoms with E-state index in [2.05, 4.69) is 13.8 Å². The zero-order valence-corrected chi connectivity index (χ0v) is 11.7. The number of aliphatic hydroxyl groups is 2. The second kappa shape index (κ2) is 4.17. The highest BCUT2D eigenvalue weighted by Gasteiger charge is 2.56. The molecule has 0 aromatic carbocycles. The molecule has 4 unspecified atom stereocenters. The smallest absolute Gasteiger partial charge is 0.158 e. The van der Waals surface area contributed by atoms with Crippen LogP contribution in [0.4, 0.5) is 0 Å². The van der Waals surface area contributed by atoms with Crippen molar-refractivity contribution >= 4 is 5.78 Å². The lowest BCUT2D eigenvalue weighted by atomic mass is 9.55. The number of ketones is 1. The van der Waals surface area contributed by atoms with Crippen LogP contribution < -0.4 is 0 Å². The van der Waals surface area contributed by atoms with Gasteiger partial charge < -0.3 is 10.2 Å². The summed E-state index contributed by atoms with van der Waals surface area (Å²) >= 11 is 0. The monoisotopic (exact) mass is 252 g/mol. The number of carbonyl (C=O) groups is 1. The van der Waals surface area contributed by atoms with Crippen LogP contribution in [0.2, 0.25) is 0 Å². The van der Waals surface area contributed by atoms with E-state index in [1.165, 1.54) is 0 Å². The predicted octanol–water partition coefficient (Wildman–Crippen LogP) is 2.07. The summed E-state index contributed by atoms with van der Waals surface area (Å²) in [4.78, 5) is 11.9. The summed E-state index contributed by atoms with van der Waals surface area (Å²) in [7, 11) is 0. The van der Waals surface area contributed by atoms with Crippen LogP contribution >= 0.6 is 0 Å². The molecule has 2 rings (SSSR count). The molecular formula is C15H24O3. The lowest BCUT2D eigenvalue weighted by molar-refractivity contribution is -0.174. The van der Waals surface area contributed by atoms with Crippen LogP contribution in [0.25, 0.3) is 0 Å². The summed E-state index contributed by atoms with van der Waals surface area (Å²) in [6.45, 7) is 7.71. The lowest BCUT2D eigenvalue weighted by Crippen LogP contribution is -2.60. The van der Waals surface area contributed by atoms with Gasteiger partial charge in [-0.25, -0.2) is 0 Å². The molecule has 2 aliphatic rings. The summed E-state index contributed by atoms with van der Waals surface area (Å²) in [5.41, 5.74) is -1.35. The summed E-state index contributed by atoms with van der Waals surface area (Å²) in [6, 6.07) is 0. The number of fused-ring (bicyclic) bond motifs is 1. The molecule has 1 saturated carbocycles. The van der Waals surface area contributed by atoms with Gasteiger partial charge in [-0.05, 0) is 50.2 Å². The fourth-order valence-corrected chi connectivity index (χ4v) is 3.84. The van der Waals surface area contributed by atoms with Crippen LogP contribution in [-0.4, -0.2) is 27.2 Å². The maximum atomic E-state index is 11.9. The zero-order chi connectivity index (χ0) is 13.7. The normalized spacial score (nSPS) is 44.8. The Balaban J connectivity index is 2.49. The van der Waals surface area contributed by atoms with E-state index < -0.39 is 11.2 Å². The number of carbonyl (C=O) groups excluding carboxylic acids is 1. The molecule has 3 nitrogen and oxygen atoms in total. The molecule has 2 aliphatic carbocycles. The van der Waals surface area contributed by atoms with Crippen molar-refractivity contribution in [1.29, 1.82) is 0 Å². The molecule has 0 bridgehead atoms. The Morgan fingerprint density at radius 2 is 2.00 bits per heavy atom. The van der Waals surface area contributed by atoms with Gasteiger partial charge in [0, 0.05) is 12.3 Å². The summed E-state index contributed by atoms with van der Waals surface area (Å²) in [6.07, 6.45) is 3.43. The molecule has 0 aromatic rings. The van der Waals surface area contributed by atoms with E-state index in [0.717, 1.165) is 6.42 Å². The first-order chi connectivity index (χ1) is 8.18. The van der Waals surface area contributed by atoms with Gasteiger partial charge in [-0.15, -0.1) is 0 Å². The van der Waals surface area contributed by atoms with Gasteiger partial charge in [0.1, 0.15) is 0 Å². The number of rotatable bonds is 1. The van der Waals surface area contributed by atoms with Crippen LogP contribution in [0.1, 0.15) is 47.0 Å². The van der Waals surface area contributed by atoms with Gasteiger partial charge in [0.25, 0.3) is 0 Å². The molecule has 2 N–H and O–H groups in total. The molecule has 3 heteroatoms. The molecule has 0 spiro atoms. The van der Waals surface area contributed by atoms with Crippen LogP contribution in [0, 0.1) is 17.8 Å². The fourth-order valence-electron chi connectivity index (χ4n) is 3.84. The first kappa shape index (κ1) is 13.8. The molecule has 4 atom stereocenters. The van der Waals surface area contributed by atoms with Crippen molar-refractivity contribution < 1.29 is 15.0 Å². The highest BCUT2D eigenvalue weighted by molar-refractivity contribution is 5.96. The third kappa shape index (κ3) is 1.94. The average molecular weight is 252 g/mol. The fraction of sp³-hybridized carbons (Fsp3) is 0.800. The van der Waals surface area contributed by atoms with Gasteiger partial charge in [0.05, 0.1) is 11.2 Å². The summed E-state index contributed by atoms with van der Waals surface area (Å²) in [5.74, 6) is 0.133. The van der Waals surface area contributed by atoms with Crippen molar-refractivity contribution in [2.24, 2.45) is 17.8 Å². The van der Waals surface area contributed by atoms with Crippen molar-refractivity contribution in [3.8, 4) is 0 Å². The Hall–Kier alpha value is -0.670. The Bertz CT molecular complexity index is 395. The van der Waals surface area contributed by atoms with Crippen LogP contribution in [0.15, 0.2) is 11.6 Å². The molecule has 0 saturated heterocycles. The minimum atomic E-state index is -1.03. The molecule has 0 heterocycles. The van der Waals surface area contributed by atoms with Gasteiger partial charge in [-0.2, -0.15) is 0 Å². The van der Waals surface area contributed by atoms with Crippen LogP contribution in [0.3, 0.4) is 0 Å². The van der Waals surface area contributed by atoms with E-state index in [1.807, 2.05) is 0 Å². The van der Waals surface area contributed by atoms with Gasteiger partial charge in [-0.3, -0.25) is 4.79 Å². The van der Waals surface area contributed by atoms with E-state index in [1.54, 1.807) is 19.9 Å². The Morgan fingerprint density at radius 1 is 1.39 bits per heavy atom. The minimum absolute atomic E-state index is 0.0503. The molecule has 0 aromatic heterocycles. The SMILES string of the molecule is CC1=CC2(O)C(C(C)C)CCC(C)(O)C2CC1=O. The van der Waals surface area contributed by atoms with Crippen molar-refractivity contribution in [3.05, 3.63) is 11.6 Å². The number of Topliss-reactive ketones (excluding diaryl/α,β-unsaturated/α-hetero) is 1. The lowest BCUT2D eigenvalue weighted by Gasteiger charge is -2.54. The predicted molar refractivity (Wildman–Crippen MR) is 70.0 cm³/mol. The average Bonchev–Trinajstić information content (AvgIpc) is 2.21. The molecule has 102 valence electrons. The van der Waals surface area contributed by atoms with Crippen molar-refractivity contribution in [1.82, 2.24) is 0 Å². The zero-order valence-electron chi connectivity index (χ0n) is 11.7. The summed E-state index contributed by atoms with van der Waals surface area (Å²) in [5, 5.41) is 21.6. The van der Waals surface area contributed by atoms with E-state index >= 15 is 0 Å². The number of hydrogen-bond donors (Lipinski definition) is 2. The van der Waals surface area contributed by atoms with Crippen molar-refractivity contribution in [3.63, 3.8) is 0 Å². The topological polar surface area (TPSA) is 57.5 Å².